The van der Waals surface area contributed by atoms with Gasteiger partial charge < -0.3 is 10.6 Å². The number of carbonyl (C=O) groups excluding carboxylic acids is 1. The molecule has 1 amide bonds. The molecule has 0 bridgehead atoms. The van der Waals surface area contributed by atoms with Gasteiger partial charge in [-0.15, -0.1) is 0 Å². The summed E-state index contributed by atoms with van der Waals surface area (Å²) in [7, 11) is 1.86. The fourth-order valence-electron chi connectivity index (χ4n) is 3.65. The van der Waals surface area contributed by atoms with Crippen LogP contribution in [0.2, 0.25) is 0 Å². The van der Waals surface area contributed by atoms with Crippen LogP contribution in [0.1, 0.15) is 55.7 Å². The molecule has 1 aromatic carbocycles. The largest absolute Gasteiger partial charge is 0.324 e. The molecule has 3 nitrogen and oxygen atoms in total. The molecule has 1 aromatic rings. The summed E-state index contributed by atoms with van der Waals surface area (Å²) < 4.78 is 0. The maximum absolute atomic E-state index is 11.7. The molecule has 0 spiro atoms. The lowest BCUT2D eigenvalue weighted by molar-refractivity contribution is -0.118. The molecule has 2 N–H and O–H groups in total. The van der Waals surface area contributed by atoms with Crippen molar-refractivity contribution in [2.24, 2.45) is 11.7 Å². The first-order valence-electron chi connectivity index (χ1n) is 7.80. The Morgan fingerprint density at radius 1 is 1.30 bits per heavy atom. The molecule has 1 heterocycles. The number of hydrogen-bond acceptors (Lipinski definition) is 2. The third kappa shape index (κ3) is 2.59. The lowest BCUT2D eigenvalue weighted by Gasteiger charge is -2.27. The number of fused-ring (bicyclic) bond motifs is 1. The Kier molecular flexibility index (Phi) is 3.79. The smallest absolute Gasteiger partial charge is 0.227 e. The maximum Gasteiger partial charge on any atom is 0.227 e. The Balaban J connectivity index is 1.76. The topological polar surface area (TPSA) is 46.3 Å². The highest BCUT2D eigenvalue weighted by atomic mass is 16.2. The Morgan fingerprint density at radius 3 is 2.80 bits per heavy atom. The third-order valence-electron chi connectivity index (χ3n) is 4.94. The Bertz CT molecular complexity index is 506. The molecule has 1 atom stereocenters. The van der Waals surface area contributed by atoms with Gasteiger partial charge in [-0.1, -0.05) is 37.8 Å². The zero-order valence-electron chi connectivity index (χ0n) is 12.3. The highest BCUT2D eigenvalue weighted by Crippen LogP contribution is 2.34. The summed E-state index contributed by atoms with van der Waals surface area (Å²) in [6.45, 7) is 0. The van der Waals surface area contributed by atoms with Gasteiger partial charge in [0.15, 0.2) is 0 Å². The summed E-state index contributed by atoms with van der Waals surface area (Å²) in [5.41, 5.74) is 9.95. The molecule has 3 rings (SSSR count). The van der Waals surface area contributed by atoms with Crippen LogP contribution in [0.5, 0.6) is 0 Å². The number of rotatable bonds is 3. The van der Waals surface area contributed by atoms with Crippen molar-refractivity contribution in [1.82, 2.24) is 0 Å². The van der Waals surface area contributed by atoms with Crippen molar-refractivity contribution in [3.63, 3.8) is 0 Å². The average Bonchev–Trinajstić information content (AvgIpc) is 2.95. The lowest BCUT2D eigenvalue weighted by Crippen LogP contribution is -2.31. The normalized spacial score (nSPS) is 21.1. The van der Waals surface area contributed by atoms with Gasteiger partial charge in [0.25, 0.3) is 0 Å². The molecule has 1 saturated carbocycles. The zero-order valence-corrected chi connectivity index (χ0v) is 12.3. The standard InChI is InChI=1S/C17H24N2O/c1-19-16-8-6-13(11-14(16)7-9-17(19)20)15(18)10-12-4-2-3-5-12/h6,8,11-12,15H,2-5,7,9-10,18H2,1H3. The average molecular weight is 272 g/mol. The zero-order chi connectivity index (χ0) is 14.1. The molecular weight excluding hydrogens is 248 g/mol. The molecule has 0 aromatic heterocycles. The van der Waals surface area contributed by atoms with E-state index in [0.717, 1.165) is 24.4 Å². The quantitative estimate of drug-likeness (QED) is 0.918. The predicted molar refractivity (Wildman–Crippen MR) is 81.7 cm³/mol. The first-order valence-corrected chi connectivity index (χ1v) is 7.80. The van der Waals surface area contributed by atoms with Crippen LogP contribution < -0.4 is 10.6 Å². The summed E-state index contributed by atoms with van der Waals surface area (Å²) in [5.74, 6) is 1.02. The molecular formula is C17H24N2O. The van der Waals surface area contributed by atoms with E-state index in [-0.39, 0.29) is 11.9 Å². The van der Waals surface area contributed by atoms with Gasteiger partial charge in [0.2, 0.25) is 5.91 Å². The van der Waals surface area contributed by atoms with Crippen LogP contribution in [0.15, 0.2) is 18.2 Å². The molecule has 0 saturated heterocycles. The van der Waals surface area contributed by atoms with Crippen LogP contribution in [0.4, 0.5) is 5.69 Å². The van der Waals surface area contributed by atoms with Crippen LogP contribution >= 0.6 is 0 Å². The van der Waals surface area contributed by atoms with Crippen LogP contribution in [0.3, 0.4) is 0 Å². The molecule has 1 unspecified atom stereocenters. The first kappa shape index (κ1) is 13.6. The summed E-state index contributed by atoms with van der Waals surface area (Å²) in [4.78, 5) is 13.5. The SMILES string of the molecule is CN1C(=O)CCc2cc(C(N)CC3CCCC3)ccc21. The van der Waals surface area contributed by atoms with Crippen molar-refractivity contribution in [3.8, 4) is 0 Å². The van der Waals surface area contributed by atoms with Gasteiger partial charge >= 0.3 is 0 Å². The van der Waals surface area contributed by atoms with Crippen molar-refractivity contribution in [3.05, 3.63) is 29.3 Å². The fourth-order valence-corrected chi connectivity index (χ4v) is 3.65. The van der Waals surface area contributed by atoms with Gasteiger partial charge in [-0.25, -0.2) is 0 Å². The number of benzene rings is 1. The van der Waals surface area contributed by atoms with Gasteiger partial charge in [-0.05, 0) is 36.0 Å². The number of nitrogens with two attached hydrogens (primary N) is 1. The van der Waals surface area contributed by atoms with E-state index < -0.39 is 0 Å². The minimum absolute atomic E-state index is 0.145. The monoisotopic (exact) mass is 272 g/mol. The van der Waals surface area contributed by atoms with Crippen molar-refractivity contribution >= 4 is 11.6 Å². The molecule has 1 aliphatic carbocycles. The first-order chi connectivity index (χ1) is 9.65. The Labute approximate surface area is 121 Å². The summed E-state index contributed by atoms with van der Waals surface area (Å²) in [6.07, 6.45) is 8.00. The molecule has 1 aliphatic heterocycles. The fraction of sp³-hybridized carbons (Fsp3) is 0.588. The van der Waals surface area contributed by atoms with E-state index in [1.54, 1.807) is 4.90 Å². The molecule has 2 aliphatic rings. The van der Waals surface area contributed by atoms with Gasteiger partial charge in [0, 0.05) is 25.2 Å². The molecule has 3 heteroatoms. The highest BCUT2D eigenvalue weighted by Gasteiger charge is 2.23. The van der Waals surface area contributed by atoms with E-state index in [1.807, 2.05) is 7.05 Å². The second-order valence-corrected chi connectivity index (χ2v) is 6.33. The van der Waals surface area contributed by atoms with Gasteiger partial charge in [0.1, 0.15) is 0 Å². The summed E-state index contributed by atoms with van der Waals surface area (Å²) >= 11 is 0. The summed E-state index contributed by atoms with van der Waals surface area (Å²) in [6, 6.07) is 6.54. The van der Waals surface area contributed by atoms with Crippen LogP contribution in [-0.2, 0) is 11.2 Å². The summed E-state index contributed by atoms with van der Waals surface area (Å²) in [5, 5.41) is 0. The second kappa shape index (κ2) is 5.57. The molecule has 20 heavy (non-hydrogen) atoms. The van der Waals surface area contributed by atoms with Crippen molar-refractivity contribution in [2.75, 3.05) is 11.9 Å². The van der Waals surface area contributed by atoms with E-state index in [0.29, 0.717) is 6.42 Å². The minimum Gasteiger partial charge on any atom is -0.324 e. The number of hydrogen-bond donors (Lipinski definition) is 1. The Hall–Kier alpha value is -1.35. The number of nitrogens with zero attached hydrogens (tertiary/aromatic N) is 1. The number of aryl methyl sites for hydroxylation is 1. The van der Waals surface area contributed by atoms with Crippen molar-refractivity contribution < 1.29 is 4.79 Å². The number of anilines is 1. The van der Waals surface area contributed by atoms with Gasteiger partial charge in [0.05, 0.1) is 0 Å². The molecule has 0 radical (unpaired) electrons. The second-order valence-electron chi connectivity index (χ2n) is 6.33. The molecule has 108 valence electrons. The van der Waals surface area contributed by atoms with Crippen molar-refractivity contribution in [2.45, 2.75) is 51.0 Å². The van der Waals surface area contributed by atoms with E-state index in [4.69, 9.17) is 5.73 Å². The lowest BCUT2D eigenvalue weighted by atomic mass is 9.91. The Morgan fingerprint density at radius 2 is 2.05 bits per heavy atom. The highest BCUT2D eigenvalue weighted by molar-refractivity contribution is 5.95. The number of amides is 1. The van der Waals surface area contributed by atoms with Crippen LogP contribution in [0, 0.1) is 5.92 Å². The van der Waals surface area contributed by atoms with E-state index in [1.165, 1.54) is 36.8 Å². The predicted octanol–water partition coefficient (Wildman–Crippen LogP) is 3.18. The van der Waals surface area contributed by atoms with Crippen molar-refractivity contribution in [1.29, 1.82) is 0 Å². The van der Waals surface area contributed by atoms with E-state index in [2.05, 4.69) is 18.2 Å². The molecule has 1 fully saturated rings. The van der Waals surface area contributed by atoms with E-state index >= 15 is 0 Å². The van der Waals surface area contributed by atoms with E-state index in [9.17, 15) is 4.79 Å². The third-order valence-corrected chi connectivity index (χ3v) is 4.94. The number of carbonyl (C=O) groups is 1. The minimum atomic E-state index is 0.145. The van der Waals surface area contributed by atoms with Crippen LogP contribution in [0.25, 0.3) is 0 Å². The van der Waals surface area contributed by atoms with Crippen LogP contribution in [-0.4, -0.2) is 13.0 Å². The van der Waals surface area contributed by atoms with Gasteiger partial charge in [-0.3, -0.25) is 4.79 Å². The maximum atomic E-state index is 11.7. The van der Waals surface area contributed by atoms with Gasteiger partial charge in [-0.2, -0.15) is 0 Å².